The van der Waals surface area contributed by atoms with Gasteiger partial charge >= 0.3 is 0 Å². The molecule has 92 valence electrons. The van der Waals surface area contributed by atoms with Crippen molar-refractivity contribution in [2.75, 3.05) is 13.1 Å². The molecule has 0 aromatic rings. The topological polar surface area (TPSA) is 58.2 Å². The molecule has 4 heteroatoms. The summed E-state index contributed by atoms with van der Waals surface area (Å²) >= 11 is 0. The molecule has 1 heterocycles. The molecule has 0 radical (unpaired) electrons. The van der Waals surface area contributed by atoms with Gasteiger partial charge in [0, 0.05) is 19.5 Å². The van der Waals surface area contributed by atoms with Crippen LogP contribution in [-0.2, 0) is 9.59 Å². The Bertz CT molecular complexity index is 264. The van der Waals surface area contributed by atoms with Crippen molar-refractivity contribution in [3.63, 3.8) is 0 Å². The first-order chi connectivity index (χ1) is 7.44. The van der Waals surface area contributed by atoms with Crippen LogP contribution in [0.4, 0.5) is 0 Å². The highest BCUT2D eigenvalue weighted by Gasteiger charge is 2.25. The minimum atomic E-state index is -0.0506. The molecule has 2 N–H and O–H groups in total. The minimum Gasteiger partial charge on any atom is -0.355 e. The summed E-state index contributed by atoms with van der Waals surface area (Å²) < 4.78 is 0. The van der Waals surface area contributed by atoms with Gasteiger partial charge in [0.05, 0.1) is 5.92 Å². The lowest BCUT2D eigenvalue weighted by atomic mass is 9.90. The van der Waals surface area contributed by atoms with Crippen molar-refractivity contribution in [1.29, 1.82) is 0 Å². The van der Waals surface area contributed by atoms with Crippen molar-refractivity contribution in [3.05, 3.63) is 0 Å². The maximum absolute atomic E-state index is 11.8. The monoisotopic (exact) mass is 226 g/mol. The number of carbonyl (C=O) groups is 2. The second kappa shape index (κ2) is 5.32. The van der Waals surface area contributed by atoms with Gasteiger partial charge in [-0.3, -0.25) is 9.59 Å². The first-order valence-electron chi connectivity index (χ1n) is 5.99. The fourth-order valence-corrected chi connectivity index (χ4v) is 1.55. The van der Waals surface area contributed by atoms with Crippen molar-refractivity contribution in [2.45, 2.75) is 40.0 Å². The number of nitrogens with one attached hydrogen (secondary N) is 2. The van der Waals surface area contributed by atoms with Crippen LogP contribution in [0.2, 0.25) is 0 Å². The molecule has 0 spiro atoms. The van der Waals surface area contributed by atoms with Crippen LogP contribution in [0.1, 0.15) is 40.0 Å². The summed E-state index contributed by atoms with van der Waals surface area (Å²) in [5, 5.41) is 5.69. The van der Waals surface area contributed by atoms with Gasteiger partial charge in [0.1, 0.15) is 0 Å². The first kappa shape index (κ1) is 13.0. The fourth-order valence-electron chi connectivity index (χ4n) is 1.55. The van der Waals surface area contributed by atoms with E-state index in [1.54, 1.807) is 0 Å². The van der Waals surface area contributed by atoms with E-state index in [0.29, 0.717) is 25.9 Å². The lowest BCUT2D eigenvalue weighted by Gasteiger charge is -2.26. The lowest BCUT2D eigenvalue weighted by Crippen LogP contribution is -2.45. The average molecular weight is 226 g/mol. The van der Waals surface area contributed by atoms with Crippen molar-refractivity contribution in [3.8, 4) is 0 Å². The Morgan fingerprint density at radius 1 is 1.56 bits per heavy atom. The van der Waals surface area contributed by atoms with Crippen LogP contribution in [0, 0.1) is 11.3 Å². The van der Waals surface area contributed by atoms with E-state index in [-0.39, 0.29) is 23.1 Å². The van der Waals surface area contributed by atoms with Crippen LogP contribution < -0.4 is 10.6 Å². The Labute approximate surface area is 97.2 Å². The van der Waals surface area contributed by atoms with Crippen LogP contribution in [0.3, 0.4) is 0 Å². The molecule has 0 aliphatic carbocycles. The molecule has 0 aromatic heterocycles. The van der Waals surface area contributed by atoms with Gasteiger partial charge in [0.15, 0.2) is 0 Å². The van der Waals surface area contributed by atoms with Gasteiger partial charge in [-0.2, -0.15) is 0 Å². The average Bonchev–Trinajstić information content (AvgIpc) is 2.27. The van der Waals surface area contributed by atoms with Gasteiger partial charge in [-0.15, -0.1) is 0 Å². The number of rotatable bonds is 4. The first-order valence-corrected chi connectivity index (χ1v) is 5.99. The van der Waals surface area contributed by atoms with Crippen molar-refractivity contribution < 1.29 is 9.59 Å². The standard InChI is InChI=1S/C12H22N2O2/c1-4-12(2,3)8-14-11(16)9-5-6-10(15)13-7-9/h9H,4-8H2,1-3H3,(H,13,15)(H,14,16). The van der Waals surface area contributed by atoms with Crippen molar-refractivity contribution in [2.24, 2.45) is 11.3 Å². The Hall–Kier alpha value is -1.06. The van der Waals surface area contributed by atoms with Gasteiger partial charge in [-0.05, 0) is 18.3 Å². The molecule has 16 heavy (non-hydrogen) atoms. The van der Waals surface area contributed by atoms with E-state index in [4.69, 9.17) is 0 Å². The van der Waals surface area contributed by atoms with E-state index in [2.05, 4.69) is 31.4 Å². The third kappa shape index (κ3) is 3.83. The van der Waals surface area contributed by atoms with E-state index in [1.807, 2.05) is 0 Å². The van der Waals surface area contributed by atoms with E-state index in [9.17, 15) is 9.59 Å². The number of amides is 2. The van der Waals surface area contributed by atoms with Gasteiger partial charge in [-0.25, -0.2) is 0 Å². The SMILES string of the molecule is CCC(C)(C)CNC(=O)C1CCC(=O)NC1. The molecule has 0 aromatic carbocycles. The Balaban J connectivity index is 2.33. The van der Waals surface area contributed by atoms with Crippen LogP contribution in [0.5, 0.6) is 0 Å². The van der Waals surface area contributed by atoms with Crippen LogP contribution >= 0.6 is 0 Å². The smallest absolute Gasteiger partial charge is 0.224 e. The van der Waals surface area contributed by atoms with Crippen LogP contribution in [0.15, 0.2) is 0 Å². The lowest BCUT2D eigenvalue weighted by molar-refractivity contribution is -0.129. The van der Waals surface area contributed by atoms with E-state index in [1.165, 1.54) is 0 Å². The minimum absolute atomic E-state index is 0.0506. The maximum atomic E-state index is 11.8. The molecule has 1 unspecified atom stereocenters. The fraction of sp³-hybridized carbons (Fsp3) is 0.833. The van der Waals surface area contributed by atoms with E-state index in [0.717, 1.165) is 6.42 Å². The molecule has 0 saturated carbocycles. The second-order valence-corrected chi connectivity index (χ2v) is 5.28. The molecule has 1 saturated heterocycles. The summed E-state index contributed by atoms with van der Waals surface area (Å²) in [4.78, 5) is 22.8. The predicted octanol–water partition coefficient (Wildman–Crippen LogP) is 1.06. The van der Waals surface area contributed by atoms with E-state index >= 15 is 0 Å². The summed E-state index contributed by atoms with van der Waals surface area (Å²) in [7, 11) is 0. The molecule has 1 aliphatic heterocycles. The van der Waals surface area contributed by atoms with E-state index < -0.39 is 0 Å². The molecular formula is C12H22N2O2. The highest BCUT2D eigenvalue weighted by molar-refractivity contribution is 5.83. The normalized spacial score (nSPS) is 21.4. The third-order valence-corrected chi connectivity index (χ3v) is 3.33. The molecular weight excluding hydrogens is 204 g/mol. The summed E-state index contributed by atoms with van der Waals surface area (Å²) in [6.07, 6.45) is 2.17. The molecule has 1 fully saturated rings. The number of piperidine rings is 1. The molecule has 1 atom stereocenters. The summed E-state index contributed by atoms with van der Waals surface area (Å²) in [6.45, 7) is 7.57. The number of hydrogen-bond donors (Lipinski definition) is 2. The van der Waals surface area contributed by atoms with Gasteiger partial charge in [0.25, 0.3) is 0 Å². The van der Waals surface area contributed by atoms with Crippen LogP contribution in [-0.4, -0.2) is 24.9 Å². The van der Waals surface area contributed by atoms with Crippen molar-refractivity contribution in [1.82, 2.24) is 10.6 Å². The number of carbonyl (C=O) groups excluding carboxylic acids is 2. The largest absolute Gasteiger partial charge is 0.355 e. The third-order valence-electron chi connectivity index (χ3n) is 3.33. The van der Waals surface area contributed by atoms with Gasteiger partial charge in [-0.1, -0.05) is 20.8 Å². The Morgan fingerprint density at radius 3 is 2.75 bits per heavy atom. The predicted molar refractivity (Wildman–Crippen MR) is 62.8 cm³/mol. The van der Waals surface area contributed by atoms with Crippen LogP contribution in [0.25, 0.3) is 0 Å². The summed E-state index contributed by atoms with van der Waals surface area (Å²) in [6, 6.07) is 0. The number of hydrogen-bond acceptors (Lipinski definition) is 2. The summed E-state index contributed by atoms with van der Waals surface area (Å²) in [5.74, 6) is 0.0739. The Kier molecular flexibility index (Phi) is 4.33. The molecule has 2 amide bonds. The molecule has 4 nitrogen and oxygen atoms in total. The zero-order valence-corrected chi connectivity index (χ0v) is 10.4. The molecule has 1 rings (SSSR count). The molecule has 0 bridgehead atoms. The van der Waals surface area contributed by atoms with Gasteiger partial charge in [0.2, 0.25) is 11.8 Å². The maximum Gasteiger partial charge on any atom is 0.224 e. The zero-order valence-electron chi connectivity index (χ0n) is 10.4. The van der Waals surface area contributed by atoms with Crippen molar-refractivity contribution >= 4 is 11.8 Å². The Morgan fingerprint density at radius 2 is 2.25 bits per heavy atom. The van der Waals surface area contributed by atoms with Gasteiger partial charge < -0.3 is 10.6 Å². The quantitative estimate of drug-likeness (QED) is 0.753. The highest BCUT2D eigenvalue weighted by Crippen LogP contribution is 2.18. The summed E-state index contributed by atoms with van der Waals surface area (Å²) in [5.41, 5.74) is 0.146. The second-order valence-electron chi connectivity index (χ2n) is 5.28. The highest BCUT2D eigenvalue weighted by atomic mass is 16.2. The molecule has 1 aliphatic rings. The zero-order chi connectivity index (χ0) is 12.2.